The predicted octanol–water partition coefficient (Wildman–Crippen LogP) is 5.21. The molecule has 2 aromatic rings. The van der Waals surface area contributed by atoms with E-state index in [2.05, 4.69) is 83.2 Å². The summed E-state index contributed by atoms with van der Waals surface area (Å²) < 4.78 is 6.63. The minimum atomic E-state index is -1.92. The van der Waals surface area contributed by atoms with Crippen LogP contribution in [0.15, 0.2) is 30.3 Å². The van der Waals surface area contributed by atoms with Gasteiger partial charge in [-0.1, -0.05) is 39.0 Å². The topological polar surface area (TPSA) is 32.7 Å². The number of nitrogens with zero attached hydrogens (tertiary/aromatic N) is 1. The third kappa shape index (κ3) is 4.18. The van der Waals surface area contributed by atoms with E-state index in [-0.39, 0.29) is 11.1 Å². The van der Waals surface area contributed by atoms with Crippen LogP contribution < -0.4 is 9.33 Å². The maximum atomic E-state index is 9.92. The third-order valence-electron chi connectivity index (χ3n) is 5.23. The molecule has 0 amide bonds. The zero-order chi connectivity index (χ0) is 19.0. The van der Waals surface area contributed by atoms with Gasteiger partial charge in [-0.15, -0.1) is 0 Å². The average Bonchev–Trinajstić information content (AvgIpc) is 2.45. The van der Waals surface area contributed by atoms with Gasteiger partial charge < -0.3 is 14.4 Å². The lowest BCUT2D eigenvalue weighted by atomic mass is 9.98. The molecule has 0 heterocycles. The van der Waals surface area contributed by atoms with Crippen molar-refractivity contribution in [2.45, 2.75) is 58.4 Å². The van der Waals surface area contributed by atoms with Crippen molar-refractivity contribution in [2.75, 3.05) is 19.0 Å². The van der Waals surface area contributed by atoms with E-state index in [9.17, 15) is 5.11 Å². The number of hydrogen-bond acceptors (Lipinski definition) is 3. The van der Waals surface area contributed by atoms with Crippen molar-refractivity contribution in [3.63, 3.8) is 0 Å². The van der Waals surface area contributed by atoms with Crippen LogP contribution in [0.4, 0.5) is 5.69 Å². The minimum absolute atomic E-state index is 0.150. The Morgan fingerprint density at radius 1 is 1.12 bits per heavy atom. The van der Waals surface area contributed by atoms with Gasteiger partial charge in [0.25, 0.3) is 8.32 Å². The average molecular weight is 360 g/mol. The summed E-state index contributed by atoms with van der Waals surface area (Å²) in [6.07, 6.45) is 0.271. The summed E-state index contributed by atoms with van der Waals surface area (Å²) in [7, 11) is 2.20. The fraction of sp³-hybridized carbons (Fsp3) is 0.524. The molecule has 0 fully saturated rings. The molecule has 0 radical (unpaired) electrons. The minimum Gasteiger partial charge on any atom is -0.543 e. The van der Waals surface area contributed by atoms with E-state index in [4.69, 9.17) is 4.43 Å². The lowest BCUT2D eigenvalue weighted by molar-refractivity contribution is 0.196. The summed E-state index contributed by atoms with van der Waals surface area (Å²) in [4.78, 5) is 2.13. The SMILES string of the molecule is CC(O)Cc1cccc2c(O[Si](C)(C)C(C)(C)C)ccc(N(C)C)c12. The maximum absolute atomic E-state index is 9.92. The number of fused-ring (bicyclic) bond motifs is 1. The van der Waals surface area contributed by atoms with E-state index in [1.54, 1.807) is 0 Å². The van der Waals surface area contributed by atoms with Gasteiger partial charge in [-0.2, -0.15) is 0 Å². The van der Waals surface area contributed by atoms with Crippen molar-refractivity contribution in [3.8, 4) is 5.75 Å². The molecule has 2 rings (SSSR count). The van der Waals surface area contributed by atoms with Crippen LogP contribution >= 0.6 is 0 Å². The summed E-state index contributed by atoms with van der Waals surface area (Å²) in [5.41, 5.74) is 2.32. The zero-order valence-electron chi connectivity index (χ0n) is 17.0. The van der Waals surface area contributed by atoms with Crippen LogP contribution in [0.3, 0.4) is 0 Å². The van der Waals surface area contributed by atoms with Crippen LogP contribution in [0.25, 0.3) is 10.8 Å². The maximum Gasteiger partial charge on any atom is 0.250 e. The Kier molecular flexibility index (Phi) is 5.55. The highest BCUT2D eigenvalue weighted by Crippen LogP contribution is 2.41. The molecule has 0 bridgehead atoms. The monoisotopic (exact) mass is 359 g/mol. The summed E-state index contributed by atoms with van der Waals surface area (Å²) in [5.74, 6) is 0.958. The van der Waals surface area contributed by atoms with E-state index in [1.807, 2.05) is 6.92 Å². The lowest BCUT2D eigenvalue weighted by Gasteiger charge is -2.37. The molecule has 0 aliphatic heterocycles. The predicted molar refractivity (Wildman–Crippen MR) is 111 cm³/mol. The third-order valence-corrected chi connectivity index (χ3v) is 9.58. The highest BCUT2D eigenvalue weighted by atomic mass is 28.4. The number of hydrogen-bond donors (Lipinski definition) is 1. The van der Waals surface area contributed by atoms with Crippen molar-refractivity contribution in [3.05, 3.63) is 35.9 Å². The van der Waals surface area contributed by atoms with E-state index in [1.165, 1.54) is 5.39 Å². The molecule has 3 nitrogen and oxygen atoms in total. The van der Waals surface area contributed by atoms with Crippen LogP contribution in [-0.4, -0.2) is 33.6 Å². The van der Waals surface area contributed by atoms with E-state index in [0.717, 1.165) is 22.4 Å². The first-order chi connectivity index (χ1) is 11.4. The Labute approximate surface area is 153 Å². The Morgan fingerprint density at radius 3 is 2.28 bits per heavy atom. The van der Waals surface area contributed by atoms with Gasteiger partial charge in [-0.3, -0.25) is 0 Å². The molecule has 2 aromatic carbocycles. The molecule has 0 saturated heterocycles. The molecule has 1 unspecified atom stereocenters. The van der Waals surface area contributed by atoms with Gasteiger partial charge in [0.15, 0.2) is 0 Å². The lowest BCUT2D eigenvalue weighted by Crippen LogP contribution is -2.43. The molecular weight excluding hydrogens is 326 g/mol. The van der Waals surface area contributed by atoms with Gasteiger partial charge in [0.2, 0.25) is 0 Å². The van der Waals surface area contributed by atoms with Crippen LogP contribution in [-0.2, 0) is 6.42 Å². The van der Waals surface area contributed by atoms with Crippen LogP contribution in [0, 0.1) is 0 Å². The van der Waals surface area contributed by atoms with Crippen molar-refractivity contribution in [2.24, 2.45) is 0 Å². The summed E-state index contributed by atoms with van der Waals surface area (Å²) in [5, 5.41) is 12.4. The molecule has 0 spiro atoms. The smallest absolute Gasteiger partial charge is 0.250 e. The number of benzene rings is 2. The van der Waals surface area contributed by atoms with Gasteiger partial charge in [-0.25, -0.2) is 0 Å². The molecule has 0 aliphatic carbocycles. The first-order valence-electron chi connectivity index (χ1n) is 9.03. The van der Waals surface area contributed by atoms with E-state index >= 15 is 0 Å². The normalized spacial score (nSPS) is 13.8. The van der Waals surface area contributed by atoms with Crippen LogP contribution in [0.5, 0.6) is 5.75 Å². The molecule has 0 aromatic heterocycles. The van der Waals surface area contributed by atoms with Gasteiger partial charge in [0.05, 0.1) is 6.10 Å². The molecule has 1 N–H and O–H groups in total. The number of anilines is 1. The van der Waals surface area contributed by atoms with Crippen molar-refractivity contribution < 1.29 is 9.53 Å². The molecule has 25 heavy (non-hydrogen) atoms. The number of aliphatic hydroxyl groups excluding tert-OH is 1. The Balaban J connectivity index is 2.67. The highest BCUT2D eigenvalue weighted by molar-refractivity contribution is 6.74. The number of rotatable bonds is 5. The molecule has 0 aliphatic rings. The summed E-state index contributed by atoms with van der Waals surface area (Å²) >= 11 is 0. The molecular formula is C21H33NO2Si. The van der Waals surface area contributed by atoms with Gasteiger partial charge in [0.1, 0.15) is 5.75 Å². The second-order valence-corrected chi connectivity index (χ2v) is 13.5. The fourth-order valence-electron chi connectivity index (χ4n) is 2.81. The summed E-state index contributed by atoms with van der Waals surface area (Å²) in [6.45, 7) is 13.2. The fourth-order valence-corrected chi connectivity index (χ4v) is 3.85. The Bertz CT molecular complexity index is 745. The Hall–Kier alpha value is -1.52. The highest BCUT2D eigenvalue weighted by Gasteiger charge is 2.39. The molecule has 138 valence electrons. The van der Waals surface area contributed by atoms with Crippen molar-refractivity contribution in [1.29, 1.82) is 0 Å². The van der Waals surface area contributed by atoms with E-state index < -0.39 is 8.32 Å². The zero-order valence-corrected chi connectivity index (χ0v) is 18.0. The largest absolute Gasteiger partial charge is 0.543 e. The standard InChI is InChI=1S/C21H33NO2Si/c1-15(23)14-16-10-9-11-17-19(24-25(7,8)21(2,3)4)13-12-18(20(16)17)22(5)6/h9-13,15,23H,14H2,1-8H3. The Morgan fingerprint density at radius 2 is 1.76 bits per heavy atom. The summed E-state index contributed by atoms with van der Waals surface area (Å²) in [6, 6.07) is 10.5. The first-order valence-corrected chi connectivity index (χ1v) is 11.9. The first kappa shape index (κ1) is 19.8. The molecule has 4 heteroatoms. The second-order valence-electron chi connectivity index (χ2n) is 8.73. The molecule has 0 saturated carbocycles. The van der Waals surface area contributed by atoms with Gasteiger partial charge in [-0.05, 0) is 49.2 Å². The van der Waals surface area contributed by atoms with Crippen LogP contribution in [0.2, 0.25) is 18.1 Å². The van der Waals surface area contributed by atoms with Gasteiger partial charge >= 0.3 is 0 Å². The number of aliphatic hydroxyl groups is 1. The van der Waals surface area contributed by atoms with Crippen LogP contribution in [0.1, 0.15) is 33.3 Å². The van der Waals surface area contributed by atoms with E-state index in [0.29, 0.717) is 6.42 Å². The quantitative estimate of drug-likeness (QED) is 0.744. The second kappa shape index (κ2) is 7.00. The van der Waals surface area contributed by atoms with Crippen molar-refractivity contribution in [1.82, 2.24) is 0 Å². The van der Waals surface area contributed by atoms with Crippen molar-refractivity contribution >= 4 is 24.8 Å². The van der Waals surface area contributed by atoms with Gasteiger partial charge in [0, 0.05) is 30.6 Å². The molecule has 1 atom stereocenters.